The third-order valence-corrected chi connectivity index (χ3v) is 3.22. The van der Waals surface area contributed by atoms with E-state index in [9.17, 15) is 5.11 Å². The van der Waals surface area contributed by atoms with Gasteiger partial charge in [-0.15, -0.1) is 0 Å². The largest absolute Gasteiger partial charge is 0.504 e. The van der Waals surface area contributed by atoms with Crippen LogP contribution >= 0.6 is 0 Å². The first kappa shape index (κ1) is 11.6. The standard InChI is InChI=1S/C15H14N2O2/c1-17-12-6-4-3-5-11(12)16-15(17)10-7-8-14(19-2)13(18)9-10/h3-9,18H,1-2H3. The van der Waals surface area contributed by atoms with Gasteiger partial charge in [-0.2, -0.15) is 0 Å². The summed E-state index contributed by atoms with van der Waals surface area (Å²) >= 11 is 0. The van der Waals surface area contributed by atoms with Gasteiger partial charge in [-0.1, -0.05) is 12.1 Å². The Labute approximate surface area is 110 Å². The molecule has 0 atom stereocenters. The molecule has 0 amide bonds. The Morgan fingerprint density at radius 3 is 2.63 bits per heavy atom. The van der Waals surface area contributed by atoms with Crippen LogP contribution in [0.3, 0.4) is 0 Å². The molecular formula is C15H14N2O2. The minimum atomic E-state index is 0.118. The maximum atomic E-state index is 9.86. The SMILES string of the molecule is COc1ccc(-c2nc3ccccc3n2C)cc1O. The Morgan fingerprint density at radius 2 is 1.95 bits per heavy atom. The first-order valence-electron chi connectivity index (χ1n) is 5.99. The van der Waals surface area contributed by atoms with E-state index in [0.717, 1.165) is 22.4 Å². The van der Waals surface area contributed by atoms with Gasteiger partial charge in [-0.25, -0.2) is 4.98 Å². The number of hydrogen-bond donors (Lipinski definition) is 1. The Balaban J connectivity index is 2.19. The maximum absolute atomic E-state index is 9.86. The van der Waals surface area contributed by atoms with Gasteiger partial charge in [0, 0.05) is 12.6 Å². The molecule has 3 rings (SSSR count). The number of imidazole rings is 1. The van der Waals surface area contributed by atoms with Crippen LogP contribution in [0.5, 0.6) is 11.5 Å². The summed E-state index contributed by atoms with van der Waals surface area (Å²) < 4.78 is 7.06. The molecule has 0 saturated heterocycles. The second-order valence-electron chi connectivity index (χ2n) is 4.37. The molecule has 0 aliphatic carbocycles. The molecule has 96 valence electrons. The fourth-order valence-corrected chi connectivity index (χ4v) is 2.23. The molecule has 0 bridgehead atoms. The highest BCUT2D eigenvalue weighted by atomic mass is 16.5. The van der Waals surface area contributed by atoms with Gasteiger partial charge in [0.1, 0.15) is 5.82 Å². The van der Waals surface area contributed by atoms with Gasteiger partial charge in [-0.05, 0) is 30.3 Å². The number of rotatable bonds is 2. The van der Waals surface area contributed by atoms with Crippen molar-refractivity contribution in [2.24, 2.45) is 7.05 Å². The van der Waals surface area contributed by atoms with Crippen LogP contribution in [0, 0.1) is 0 Å². The topological polar surface area (TPSA) is 47.3 Å². The lowest BCUT2D eigenvalue weighted by Gasteiger charge is -2.06. The fourth-order valence-electron chi connectivity index (χ4n) is 2.23. The quantitative estimate of drug-likeness (QED) is 0.764. The van der Waals surface area contributed by atoms with Crippen molar-refractivity contribution in [1.29, 1.82) is 0 Å². The molecule has 1 aromatic heterocycles. The Morgan fingerprint density at radius 1 is 1.16 bits per heavy atom. The van der Waals surface area contributed by atoms with Crippen LogP contribution in [0.2, 0.25) is 0 Å². The van der Waals surface area contributed by atoms with Crippen molar-refractivity contribution in [3.05, 3.63) is 42.5 Å². The number of phenolic OH excluding ortho intramolecular Hbond substituents is 1. The third kappa shape index (κ3) is 1.81. The summed E-state index contributed by atoms with van der Waals surface area (Å²) in [5.74, 6) is 1.40. The summed E-state index contributed by atoms with van der Waals surface area (Å²) in [6.45, 7) is 0. The van der Waals surface area contributed by atoms with E-state index < -0.39 is 0 Å². The van der Waals surface area contributed by atoms with E-state index in [1.807, 2.05) is 41.9 Å². The van der Waals surface area contributed by atoms with Crippen LogP contribution in [0.15, 0.2) is 42.5 Å². The number of aromatic nitrogens is 2. The van der Waals surface area contributed by atoms with E-state index in [1.54, 1.807) is 12.1 Å². The van der Waals surface area contributed by atoms with E-state index in [4.69, 9.17) is 4.74 Å². The lowest BCUT2D eigenvalue weighted by atomic mass is 10.2. The molecule has 0 fully saturated rings. The number of methoxy groups -OCH3 is 1. The first-order valence-corrected chi connectivity index (χ1v) is 5.99. The second-order valence-corrected chi connectivity index (χ2v) is 4.37. The zero-order valence-corrected chi connectivity index (χ0v) is 10.8. The number of aromatic hydroxyl groups is 1. The van der Waals surface area contributed by atoms with Crippen molar-refractivity contribution in [3.63, 3.8) is 0 Å². The van der Waals surface area contributed by atoms with Crippen molar-refractivity contribution in [2.45, 2.75) is 0 Å². The number of fused-ring (bicyclic) bond motifs is 1. The van der Waals surface area contributed by atoms with Gasteiger partial charge >= 0.3 is 0 Å². The van der Waals surface area contributed by atoms with Crippen LogP contribution < -0.4 is 4.74 Å². The first-order chi connectivity index (χ1) is 9.20. The van der Waals surface area contributed by atoms with Gasteiger partial charge in [0.15, 0.2) is 11.5 Å². The Hall–Kier alpha value is -2.49. The normalized spacial score (nSPS) is 10.8. The van der Waals surface area contributed by atoms with E-state index in [-0.39, 0.29) is 5.75 Å². The number of ether oxygens (including phenoxy) is 1. The summed E-state index contributed by atoms with van der Waals surface area (Å²) in [6, 6.07) is 13.2. The summed E-state index contributed by atoms with van der Waals surface area (Å²) in [5, 5.41) is 9.86. The molecule has 2 aromatic carbocycles. The zero-order chi connectivity index (χ0) is 13.4. The molecular weight excluding hydrogens is 240 g/mol. The second kappa shape index (κ2) is 4.31. The average molecular weight is 254 g/mol. The summed E-state index contributed by atoms with van der Waals surface area (Å²) in [6.07, 6.45) is 0. The van der Waals surface area contributed by atoms with Gasteiger partial charge in [0.05, 0.1) is 18.1 Å². The van der Waals surface area contributed by atoms with Crippen LogP contribution in [0.1, 0.15) is 0 Å². The van der Waals surface area contributed by atoms with Crippen LogP contribution in [-0.2, 0) is 7.05 Å². The minimum Gasteiger partial charge on any atom is -0.504 e. The molecule has 0 unspecified atom stereocenters. The molecule has 0 radical (unpaired) electrons. The van der Waals surface area contributed by atoms with Crippen molar-refractivity contribution in [1.82, 2.24) is 9.55 Å². The number of aryl methyl sites for hydroxylation is 1. The van der Waals surface area contributed by atoms with Crippen LogP contribution in [-0.4, -0.2) is 21.8 Å². The molecule has 0 saturated carbocycles. The van der Waals surface area contributed by atoms with Crippen molar-refractivity contribution >= 4 is 11.0 Å². The predicted octanol–water partition coefficient (Wildman–Crippen LogP) is 2.95. The average Bonchev–Trinajstić information content (AvgIpc) is 2.77. The molecule has 4 nitrogen and oxygen atoms in total. The number of nitrogens with zero attached hydrogens (tertiary/aromatic N) is 2. The van der Waals surface area contributed by atoms with E-state index in [2.05, 4.69) is 4.98 Å². The number of hydrogen-bond acceptors (Lipinski definition) is 3. The third-order valence-electron chi connectivity index (χ3n) is 3.22. The van der Waals surface area contributed by atoms with E-state index in [1.165, 1.54) is 7.11 Å². The smallest absolute Gasteiger partial charge is 0.160 e. The van der Waals surface area contributed by atoms with Crippen molar-refractivity contribution < 1.29 is 9.84 Å². The molecule has 19 heavy (non-hydrogen) atoms. The van der Waals surface area contributed by atoms with Gasteiger partial charge in [-0.3, -0.25) is 0 Å². The van der Waals surface area contributed by atoms with Gasteiger partial charge < -0.3 is 14.4 Å². The monoisotopic (exact) mass is 254 g/mol. The molecule has 4 heteroatoms. The van der Waals surface area contributed by atoms with Crippen LogP contribution in [0.25, 0.3) is 22.4 Å². The molecule has 1 N–H and O–H groups in total. The summed E-state index contributed by atoms with van der Waals surface area (Å²) in [7, 11) is 3.50. The number of benzene rings is 2. The highest BCUT2D eigenvalue weighted by molar-refractivity contribution is 5.80. The molecule has 0 aliphatic heterocycles. The lowest BCUT2D eigenvalue weighted by molar-refractivity contribution is 0.373. The summed E-state index contributed by atoms with van der Waals surface area (Å²) in [4.78, 5) is 4.59. The van der Waals surface area contributed by atoms with Crippen molar-refractivity contribution in [2.75, 3.05) is 7.11 Å². The molecule has 3 aromatic rings. The predicted molar refractivity (Wildman–Crippen MR) is 74.4 cm³/mol. The maximum Gasteiger partial charge on any atom is 0.160 e. The van der Waals surface area contributed by atoms with Crippen molar-refractivity contribution in [3.8, 4) is 22.9 Å². The molecule has 0 spiro atoms. The fraction of sp³-hybridized carbons (Fsp3) is 0.133. The Bertz CT molecular complexity index is 747. The van der Waals surface area contributed by atoms with E-state index in [0.29, 0.717) is 5.75 Å². The minimum absolute atomic E-state index is 0.118. The Kier molecular flexibility index (Phi) is 2.63. The highest BCUT2D eigenvalue weighted by Crippen LogP contribution is 2.31. The zero-order valence-electron chi connectivity index (χ0n) is 10.8. The number of phenols is 1. The van der Waals surface area contributed by atoms with Gasteiger partial charge in [0.25, 0.3) is 0 Å². The number of para-hydroxylation sites is 2. The van der Waals surface area contributed by atoms with E-state index >= 15 is 0 Å². The molecule has 1 heterocycles. The van der Waals surface area contributed by atoms with Gasteiger partial charge in [0.2, 0.25) is 0 Å². The molecule has 0 aliphatic rings. The lowest BCUT2D eigenvalue weighted by Crippen LogP contribution is -1.93. The van der Waals surface area contributed by atoms with Crippen LogP contribution in [0.4, 0.5) is 0 Å². The highest BCUT2D eigenvalue weighted by Gasteiger charge is 2.11. The summed E-state index contributed by atoms with van der Waals surface area (Å²) in [5.41, 5.74) is 2.86.